The van der Waals surface area contributed by atoms with Gasteiger partial charge in [0.2, 0.25) is 0 Å². The lowest BCUT2D eigenvalue weighted by molar-refractivity contribution is 0.0798. The number of carbonyl (C=O) groups is 1. The third-order valence-corrected chi connectivity index (χ3v) is 6.52. The number of amides is 1. The highest BCUT2D eigenvalue weighted by molar-refractivity contribution is 5.94. The zero-order valence-corrected chi connectivity index (χ0v) is 19.1. The van der Waals surface area contributed by atoms with Crippen molar-refractivity contribution in [2.24, 2.45) is 0 Å². The van der Waals surface area contributed by atoms with Crippen LogP contribution >= 0.6 is 0 Å². The Labute approximate surface area is 195 Å². The van der Waals surface area contributed by atoms with Gasteiger partial charge in [0.25, 0.3) is 5.91 Å². The first-order chi connectivity index (χ1) is 16.1. The number of rotatable bonds is 8. The molecule has 1 amide bonds. The van der Waals surface area contributed by atoms with Gasteiger partial charge in [-0.3, -0.25) is 14.6 Å². The molecular weight excluding hydrogens is 421 g/mol. The van der Waals surface area contributed by atoms with Crippen molar-refractivity contribution in [3.05, 3.63) is 65.5 Å². The van der Waals surface area contributed by atoms with E-state index in [9.17, 15) is 14.3 Å². The van der Waals surface area contributed by atoms with Gasteiger partial charge in [-0.25, -0.2) is 4.39 Å². The van der Waals surface area contributed by atoms with Crippen LogP contribution in [0.15, 0.2) is 48.5 Å². The molecule has 2 atom stereocenters. The molecule has 0 bridgehead atoms. The molecule has 0 saturated carbocycles. The first-order valence-corrected chi connectivity index (χ1v) is 12.0. The molecule has 4 rings (SSSR count). The zero-order chi connectivity index (χ0) is 23.0. The van der Waals surface area contributed by atoms with E-state index in [0.29, 0.717) is 31.7 Å². The van der Waals surface area contributed by atoms with E-state index in [1.54, 1.807) is 24.3 Å². The predicted octanol–water partition coefficient (Wildman–Crippen LogP) is 3.06. The first-order valence-electron chi connectivity index (χ1n) is 12.0. The fraction of sp³-hybridized carbons (Fsp3) is 0.500. The second-order valence-electron chi connectivity index (χ2n) is 9.07. The molecule has 33 heavy (non-hydrogen) atoms. The molecule has 2 aromatic rings. The van der Waals surface area contributed by atoms with E-state index in [2.05, 4.69) is 15.1 Å². The maximum absolute atomic E-state index is 13.2. The summed E-state index contributed by atoms with van der Waals surface area (Å²) in [5.74, 6) is 0.301. The van der Waals surface area contributed by atoms with Gasteiger partial charge in [0.1, 0.15) is 18.2 Å². The number of carbonyl (C=O) groups excluding carboxylic acids is 1. The van der Waals surface area contributed by atoms with Crippen LogP contribution in [0, 0.1) is 5.82 Å². The zero-order valence-electron chi connectivity index (χ0n) is 19.1. The van der Waals surface area contributed by atoms with E-state index in [1.165, 1.54) is 25.0 Å². The molecule has 0 aromatic heterocycles. The van der Waals surface area contributed by atoms with Gasteiger partial charge in [-0.15, -0.1) is 0 Å². The molecule has 0 spiro atoms. The molecule has 2 aliphatic rings. The molecule has 2 aromatic carbocycles. The quantitative estimate of drug-likeness (QED) is 0.641. The average Bonchev–Trinajstić information content (AvgIpc) is 3.27. The monoisotopic (exact) mass is 455 g/mol. The van der Waals surface area contributed by atoms with Crippen molar-refractivity contribution in [1.29, 1.82) is 0 Å². The minimum Gasteiger partial charge on any atom is -0.492 e. The fourth-order valence-electron chi connectivity index (χ4n) is 4.60. The molecular formula is C26H34FN3O3. The van der Waals surface area contributed by atoms with Gasteiger partial charge in [0.05, 0.1) is 12.1 Å². The van der Waals surface area contributed by atoms with E-state index in [-0.39, 0.29) is 17.8 Å². The van der Waals surface area contributed by atoms with Crippen molar-refractivity contribution in [1.82, 2.24) is 15.1 Å². The topological polar surface area (TPSA) is 65.0 Å². The molecule has 6 nitrogen and oxygen atoms in total. The van der Waals surface area contributed by atoms with Gasteiger partial charge < -0.3 is 15.2 Å². The fourth-order valence-corrected chi connectivity index (χ4v) is 4.60. The SMILES string of the molecule is O=C(NC1CN(Cc2ccc(F)cc2)CCCC1O)c1ccc(OCCN2CCCC2)cc1. The number of nitrogens with one attached hydrogen (secondary N) is 1. The summed E-state index contributed by atoms with van der Waals surface area (Å²) in [5, 5.41) is 13.6. The standard InChI is InChI=1S/C26H34FN3O3/c27-22-9-5-20(6-10-22)18-30-15-3-4-25(31)24(19-30)28-26(32)21-7-11-23(12-8-21)33-17-16-29-13-1-2-14-29/h5-12,24-25,31H,1-4,13-19H2,(H,28,32). The Morgan fingerprint density at radius 1 is 1.00 bits per heavy atom. The van der Waals surface area contributed by atoms with Crippen LogP contribution in [0.4, 0.5) is 4.39 Å². The Morgan fingerprint density at radius 2 is 1.70 bits per heavy atom. The van der Waals surface area contributed by atoms with Crippen molar-refractivity contribution in [2.75, 3.05) is 39.3 Å². The molecule has 2 fully saturated rings. The van der Waals surface area contributed by atoms with Gasteiger partial charge in [-0.1, -0.05) is 12.1 Å². The summed E-state index contributed by atoms with van der Waals surface area (Å²) in [4.78, 5) is 17.4. The predicted molar refractivity (Wildman–Crippen MR) is 126 cm³/mol. The summed E-state index contributed by atoms with van der Waals surface area (Å²) in [6.45, 7) is 5.89. The molecule has 0 radical (unpaired) electrons. The minimum atomic E-state index is -0.597. The summed E-state index contributed by atoms with van der Waals surface area (Å²) in [7, 11) is 0. The second-order valence-corrected chi connectivity index (χ2v) is 9.07. The van der Waals surface area contributed by atoms with Gasteiger partial charge in [-0.05, 0) is 87.3 Å². The number of aliphatic hydroxyl groups excluding tert-OH is 1. The number of aliphatic hydroxyl groups is 1. The molecule has 2 heterocycles. The van der Waals surface area contributed by atoms with Crippen LogP contribution in [0.5, 0.6) is 5.75 Å². The van der Waals surface area contributed by atoms with Crippen molar-refractivity contribution in [2.45, 2.75) is 44.4 Å². The smallest absolute Gasteiger partial charge is 0.251 e. The van der Waals surface area contributed by atoms with Gasteiger partial charge in [0.15, 0.2) is 0 Å². The highest BCUT2D eigenvalue weighted by Gasteiger charge is 2.27. The summed E-state index contributed by atoms with van der Waals surface area (Å²) < 4.78 is 19.0. The lowest BCUT2D eigenvalue weighted by Crippen LogP contribution is -2.48. The number of likely N-dealkylation sites (tertiary alicyclic amines) is 2. The van der Waals surface area contributed by atoms with Gasteiger partial charge >= 0.3 is 0 Å². The summed E-state index contributed by atoms with van der Waals surface area (Å²) in [5.41, 5.74) is 1.56. The third-order valence-electron chi connectivity index (χ3n) is 6.52. The van der Waals surface area contributed by atoms with Gasteiger partial charge in [0, 0.05) is 25.2 Å². The summed E-state index contributed by atoms with van der Waals surface area (Å²) in [6.07, 6.45) is 3.42. The van der Waals surface area contributed by atoms with Crippen LogP contribution in [-0.2, 0) is 6.54 Å². The van der Waals surface area contributed by atoms with Crippen molar-refractivity contribution in [3.63, 3.8) is 0 Å². The highest BCUT2D eigenvalue weighted by atomic mass is 19.1. The van der Waals surface area contributed by atoms with Crippen LogP contribution in [0.25, 0.3) is 0 Å². The first kappa shape index (κ1) is 23.7. The minimum absolute atomic E-state index is 0.203. The average molecular weight is 456 g/mol. The number of nitrogens with zero attached hydrogens (tertiary/aromatic N) is 2. The van der Waals surface area contributed by atoms with E-state index in [0.717, 1.165) is 43.9 Å². The van der Waals surface area contributed by atoms with E-state index in [4.69, 9.17) is 4.74 Å². The van der Waals surface area contributed by atoms with Crippen LogP contribution < -0.4 is 10.1 Å². The molecule has 7 heteroatoms. The molecule has 0 aliphatic carbocycles. The van der Waals surface area contributed by atoms with Gasteiger partial charge in [-0.2, -0.15) is 0 Å². The molecule has 2 unspecified atom stereocenters. The Kier molecular flexibility index (Phi) is 8.31. The maximum Gasteiger partial charge on any atom is 0.251 e. The molecule has 178 valence electrons. The lowest BCUT2D eigenvalue weighted by atomic mass is 10.1. The molecule has 2 N–H and O–H groups in total. The number of hydrogen-bond acceptors (Lipinski definition) is 5. The van der Waals surface area contributed by atoms with E-state index >= 15 is 0 Å². The van der Waals surface area contributed by atoms with Crippen LogP contribution in [-0.4, -0.2) is 72.3 Å². The molecule has 2 aliphatic heterocycles. The van der Waals surface area contributed by atoms with E-state index < -0.39 is 6.10 Å². The number of hydrogen-bond donors (Lipinski definition) is 2. The summed E-state index contributed by atoms with van der Waals surface area (Å²) >= 11 is 0. The largest absolute Gasteiger partial charge is 0.492 e. The van der Waals surface area contributed by atoms with E-state index in [1.807, 2.05) is 12.1 Å². The lowest BCUT2D eigenvalue weighted by Gasteiger charge is -2.27. The van der Waals surface area contributed by atoms with Crippen LogP contribution in [0.2, 0.25) is 0 Å². The Balaban J connectivity index is 1.29. The van der Waals surface area contributed by atoms with Crippen molar-refractivity contribution >= 4 is 5.91 Å². The normalized spacial score (nSPS) is 22.1. The van der Waals surface area contributed by atoms with Crippen LogP contribution in [0.3, 0.4) is 0 Å². The summed E-state index contributed by atoms with van der Waals surface area (Å²) in [6, 6.07) is 13.3. The number of ether oxygens (including phenoxy) is 1. The molecule has 2 saturated heterocycles. The third kappa shape index (κ3) is 7.00. The maximum atomic E-state index is 13.2. The van der Waals surface area contributed by atoms with Crippen LogP contribution in [0.1, 0.15) is 41.6 Å². The van der Waals surface area contributed by atoms with Crippen molar-refractivity contribution in [3.8, 4) is 5.75 Å². The Bertz CT molecular complexity index is 885. The highest BCUT2D eigenvalue weighted by Crippen LogP contribution is 2.17. The number of halogens is 1. The Hall–Kier alpha value is -2.48. The Morgan fingerprint density at radius 3 is 2.42 bits per heavy atom. The van der Waals surface area contributed by atoms with Crippen molar-refractivity contribution < 1.29 is 19.0 Å². The second kappa shape index (κ2) is 11.6. The number of benzene rings is 2.